The fourth-order valence-electron chi connectivity index (χ4n) is 10.2. The smallest absolute Gasteiger partial charge is 0.306 e. The minimum Gasteiger partial charge on any atom is -0.462 e. The van der Waals surface area contributed by atoms with Crippen molar-refractivity contribution in [2.75, 3.05) is 13.2 Å². The van der Waals surface area contributed by atoms with Crippen molar-refractivity contribution in [3.05, 3.63) is 36.5 Å². The zero-order chi connectivity index (χ0) is 55.0. The van der Waals surface area contributed by atoms with E-state index in [-0.39, 0.29) is 31.1 Å². The second-order valence-corrected chi connectivity index (χ2v) is 23.1. The van der Waals surface area contributed by atoms with Gasteiger partial charge in [0.2, 0.25) is 0 Å². The number of rotatable bonds is 63. The van der Waals surface area contributed by atoms with Gasteiger partial charge in [0, 0.05) is 19.3 Å². The molecule has 0 spiro atoms. The predicted octanol–water partition coefficient (Wildman–Crippen LogP) is 23.2. The van der Waals surface area contributed by atoms with Crippen molar-refractivity contribution in [1.82, 2.24) is 0 Å². The molecule has 76 heavy (non-hydrogen) atoms. The van der Waals surface area contributed by atoms with E-state index in [1.807, 2.05) is 0 Å². The molecule has 0 amide bonds. The molecular weight excluding hydrogens is 937 g/mol. The highest BCUT2D eigenvalue weighted by atomic mass is 16.6. The van der Waals surface area contributed by atoms with E-state index < -0.39 is 6.10 Å². The number of esters is 3. The molecule has 0 saturated heterocycles. The Kier molecular flexibility index (Phi) is 63.1. The predicted molar refractivity (Wildman–Crippen MR) is 330 cm³/mol. The molecule has 446 valence electrons. The summed E-state index contributed by atoms with van der Waals surface area (Å²) >= 11 is 0. The molecule has 0 rings (SSSR count). The van der Waals surface area contributed by atoms with Crippen LogP contribution in [0.25, 0.3) is 0 Å². The van der Waals surface area contributed by atoms with Crippen molar-refractivity contribution < 1.29 is 28.6 Å². The average molecular weight is 1070 g/mol. The zero-order valence-electron chi connectivity index (χ0n) is 51.3. The molecule has 0 heterocycles. The molecule has 0 bridgehead atoms. The lowest BCUT2D eigenvalue weighted by Crippen LogP contribution is -2.30. The van der Waals surface area contributed by atoms with E-state index in [1.54, 1.807) is 0 Å². The summed E-state index contributed by atoms with van der Waals surface area (Å²) in [7, 11) is 0. The van der Waals surface area contributed by atoms with Crippen LogP contribution >= 0.6 is 0 Å². The first-order valence-electron chi connectivity index (χ1n) is 34.0. The molecule has 1 atom stereocenters. The van der Waals surface area contributed by atoms with Crippen LogP contribution in [0.5, 0.6) is 0 Å². The van der Waals surface area contributed by atoms with Crippen LogP contribution in [0.3, 0.4) is 0 Å². The topological polar surface area (TPSA) is 78.9 Å². The number of ether oxygens (including phenoxy) is 3. The highest BCUT2D eigenvalue weighted by molar-refractivity contribution is 5.71. The SMILES string of the molecule is CCCCCC/C=C\C/C=C\CCCCCCCCCC(=O)OC(COC(=O)CCCCCCC/C=C\CCCCCCCCC)COC(=O)CCCCCCCCCCCCCCCCCCCCCCCCCC. The fraction of sp³-hybridized carbons (Fsp3) is 0.871. The van der Waals surface area contributed by atoms with E-state index in [0.717, 1.165) is 77.0 Å². The number of allylic oxidation sites excluding steroid dienone is 6. The molecule has 0 radical (unpaired) electrons. The van der Waals surface area contributed by atoms with Crippen molar-refractivity contribution in [2.45, 2.75) is 380 Å². The van der Waals surface area contributed by atoms with E-state index in [1.165, 1.54) is 257 Å². The summed E-state index contributed by atoms with van der Waals surface area (Å²) in [6, 6.07) is 0. The molecular formula is C70H130O6. The maximum Gasteiger partial charge on any atom is 0.306 e. The summed E-state index contributed by atoms with van der Waals surface area (Å²) < 4.78 is 17.0. The van der Waals surface area contributed by atoms with Gasteiger partial charge in [-0.3, -0.25) is 14.4 Å². The first-order valence-corrected chi connectivity index (χ1v) is 34.0. The van der Waals surface area contributed by atoms with Gasteiger partial charge in [-0.1, -0.05) is 314 Å². The monoisotopic (exact) mass is 1070 g/mol. The van der Waals surface area contributed by atoms with Gasteiger partial charge >= 0.3 is 17.9 Å². The van der Waals surface area contributed by atoms with Crippen LogP contribution in [0.1, 0.15) is 374 Å². The minimum atomic E-state index is -0.779. The van der Waals surface area contributed by atoms with E-state index in [9.17, 15) is 14.4 Å². The Bertz CT molecular complexity index is 1270. The molecule has 0 N–H and O–H groups in total. The zero-order valence-corrected chi connectivity index (χ0v) is 51.3. The van der Waals surface area contributed by atoms with Crippen molar-refractivity contribution in [3.8, 4) is 0 Å². The third-order valence-electron chi connectivity index (χ3n) is 15.4. The second-order valence-electron chi connectivity index (χ2n) is 23.1. The van der Waals surface area contributed by atoms with Crippen molar-refractivity contribution in [1.29, 1.82) is 0 Å². The Morgan fingerprint density at radius 1 is 0.263 bits per heavy atom. The van der Waals surface area contributed by atoms with Gasteiger partial charge in [-0.25, -0.2) is 0 Å². The van der Waals surface area contributed by atoms with Crippen molar-refractivity contribution in [2.24, 2.45) is 0 Å². The highest BCUT2D eigenvalue weighted by Gasteiger charge is 2.19. The van der Waals surface area contributed by atoms with Gasteiger partial charge in [0.1, 0.15) is 13.2 Å². The first kappa shape index (κ1) is 73.6. The number of unbranched alkanes of at least 4 members (excludes halogenated alkanes) is 46. The summed E-state index contributed by atoms with van der Waals surface area (Å²) in [4.78, 5) is 38.4. The van der Waals surface area contributed by atoms with Crippen LogP contribution in [0.15, 0.2) is 36.5 Å². The Labute approximate surface area is 474 Å². The molecule has 0 aliphatic carbocycles. The highest BCUT2D eigenvalue weighted by Crippen LogP contribution is 2.18. The van der Waals surface area contributed by atoms with E-state index >= 15 is 0 Å². The quantitative estimate of drug-likeness (QED) is 0.0261. The summed E-state index contributed by atoms with van der Waals surface area (Å²) in [5.41, 5.74) is 0. The van der Waals surface area contributed by atoms with E-state index in [2.05, 4.69) is 57.2 Å². The lowest BCUT2D eigenvalue weighted by atomic mass is 10.0. The summed E-state index contributed by atoms with van der Waals surface area (Å²) in [6.45, 7) is 6.68. The van der Waals surface area contributed by atoms with Gasteiger partial charge in [-0.05, 0) is 77.0 Å². The number of carbonyl (C=O) groups excluding carboxylic acids is 3. The average Bonchev–Trinajstić information content (AvgIpc) is 3.42. The van der Waals surface area contributed by atoms with Gasteiger partial charge in [-0.15, -0.1) is 0 Å². The second kappa shape index (κ2) is 65.2. The normalized spacial score (nSPS) is 12.2. The van der Waals surface area contributed by atoms with E-state index in [0.29, 0.717) is 19.3 Å². The van der Waals surface area contributed by atoms with Crippen LogP contribution in [0, 0.1) is 0 Å². The Balaban J connectivity index is 4.29. The number of hydrogen-bond acceptors (Lipinski definition) is 6. The molecule has 0 aromatic heterocycles. The molecule has 0 aromatic carbocycles. The third kappa shape index (κ3) is 62.5. The Hall–Kier alpha value is -2.37. The van der Waals surface area contributed by atoms with Crippen LogP contribution < -0.4 is 0 Å². The van der Waals surface area contributed by atoms with Crippen LogP contribution in [0.2, 0.25) is 0 Å². The summed E-state index contributed by atoms with van der Waals surface area (Å²) in [6.07, 6.45) is 80.2. The maximum absolute atomic E-state index is 12.9. The molecule has 0 aromatic rings. The van der Waals surface area contributed by atoms with Crippen LogP contribution in [-0.4, -0.2) is 37.2 Å². The molecule has 0 fully saturated rings. The first-order chi connectivity index (χ1) is 37.5. The Morgan fingerprint density at radius 2 is 0.474 bits per heavy atom. The van der Waals surface area contributed by atoms with Crippen molar-refractivity contribution in [3.63, 3.8) is 0 Å². The molecule has 0 aliphatic rings. The van der Waals surface area contributed by atoms with Crippen LogP contribution in [0.4, 0.5) is 0 Å². The lowest BCUT2D eigenvalue weighted by Gasteiger charge is -2.18. The van der Waals surface area contributed by atoms with E-state index in [4.69, 9.17) is 14.2 Å². The largest absolute Gasteiger partial charge is 0.462 e. The van der Waals surface area contributed by atoms with Gasteiger partial charge < -0.3 is 14.2 Å². The number of carbonyl (C=O) groups is 3. The molecule has 6 nitrogen and oxygen atoms in total. The van der Waals surface area contributed by atoms with Gasteiger partial charge in [0.15, 0.2) is 6.10 Å². The van der Waals surface area contributed by atoms with Gasteiger partial charge in [0.25, 0.3) is 0 Å². The maximum atomic E-state index is 12.9. The summed E-state index contributed by atoms with van der Waals surface area (Å²) in [5, 5.41) is 0. The minimum absolute atomic E-state index is 0.0736. The molecule has 0 saturated carbocycles. The Morgan fingerprint density at radius 3 is 0.750 bits per heavy atom. The van der Waals surface area contributed by atoms with Gasteiger partial charge in [0.05, 0.1) is 0 Å². The third-order valence-corrected chi connectivity index (χ3v) is 15.4. The molecule has 1 unspecified atom stereocenters. The standard InChI is InChI=1S/C70H130O6/c1-4-7-10-13-16-19-22-25-28-31-33-34-35-36-37-38-40-42-45-48-51-54-57-60-63-69(72)75-66-67(65-74-68(71)62-59-56-53-50-47-44-41-30-27-24-21-18-15-12-9-6-3)76-70(73)64-61-58-55-52-49-46-43-39-32-29-26-23-20-17-14-11-8-5-2/h20,23,29-30,32,41,67H,4-19,21-22,24-28,31,33-40,42-66H2,1-3H3/b23-20-,32-29-,41-30-. The lowest BCUT2D eigenvalue weighted by molar-refractivity contribution is -0.167. The molecule has 0 aliphatic heterocycles. The molecule has 6 heteroatoms. The van der Waals surface area contributed by atoms with Crippen LogP contribution in [-0.2, 0) is 28.6 Å². The summed E-state index contributed by atoms with van der Waals surface area (Å²) in [5.74, 6) is -0.864. The number of hydrogen-bond donors (Lipinski definition) is 0. The fourth-order valence-corrected chi connectivity index (χ4v) is 10.2. The van der Waals surface area contributed by atoms with Gasteiger partial charge in [-0.2, -0.15) is 0 Å². The van der Waals surface area contributed by atoms with Crippen molar-refractivity contribution >= 4 is 17.9 Å².